The van der Waals surface area contributed by atoms with Crippen molar-refractivity contribution in [2.24, 2.45) is 5.92 Å². The van der Waals surface area contributed by atoms with Gasteiger partial charge in [0.25, 0.3) is 0 Å². The lowest BCUT2D eigenvalue weighted by Gasteiger charge is -2.29. The molecule has 1 N–H and O–H groups in total. The number of para-hydroxylation sites is 1. The molecule has 1 heteroatoms. The summed E-state index contributed by atoms with van der Waals surface area (Å²) in [5.41, 5.74) is 1.22. The molecule has 0 bridgehead atoms. The molecular formula is C32H58O. The fourth-order valence-corrected chi connectivity index (χ4v) is 5.50. The van der Waals surface area contributed by atoms with Crippen LogP contribution in [0.1, 0.15) is 167 Å². The number of benzene rings is 1. The molecule has 0 amide bonds. The number of hydrogen-bond donors (Lipinski definition) is 1. The zero-order valence-electron chi connectivity index (χ0n) is 22.8. The molecule has 0 saturated carbocycles. The normalized spacial score (nSPS) is 13.3. The molecular weight excluding hydrogens is 400 g/mol. The van der Waals surface area contributed by atoms with Crippen LogP contribution in [0.5, 0.6) is 5.75 Å². The first-order valence-corrected chi connectivity index (χ1v) is 15.0. The van der Waals surface area contributed by atoms with Crippen molar-refractivity contribution in [1.82, 2.24) is 0 Å². The summed E-state index contributed by atoms with van der Waals surface area (Å²) < 4.78 is 0. The van der Waals surface area contributed by atoms with E-state index in [1.54, 1.807) is 0 Å². The quantitative estimate of drug-likeness (QED) is 0.162. The second kappa shape index (κ2) is 21.5. The van der Waals surface area contributed by atoms with Crippen LogP contribution >= 0.6 is 0 Å². The van der Waals surface area contributed by atoms with Crippen molar-refractivity contribution >= 4 is 0 Å². The predicted molar refractivity (Wildman–Crippen MR) is 148 cm³/mol. The summed E-state index contributed by atoms with van der Waals surface area (Å²) in [4.78, 5) is 0. The van der Waals surface area contributed by atoms with Crippen molar-refractivity contribution in [3.63, 3.8) is 0 Å². The number of aromatic hydroxyl groups is 1. The van der Waals surface area contributed by atoms with Gasteiger partial charge in [-0.05, 0) is 42.7 Å². The largest absolute Gasteiger partial charge is 0.508 e. The minimum Gasteiger partial charge on any atom is -0.508 e. The summed E-state index contributed by atoms with van der Waals surface area (Å²) in [6.07, 6.45) is 28.7. The molecule has 0 aromatic heterocycles. The van der Waals surface area contributed by atoms with Crippen LogP contribution in [0.2, 0.25) is 0 Å². The van der Waals surface area contributed by atoms with Gasteiger partial charge in [-0.2, -0.15) is 0 Å². The van der Waals surface area contributed by atoms with Gasteiger partial charge in [0.2, 0.25) is 0 Å². The van der Waals surface area contributed by atoms with Crippen molar-refractivity contribution < 1.29 is 5.11 Å². The highest BCUT2D eigenvalue weighted by molar-refractivity contribution is 5.35. The van der Waals surface area contributed by atoms with Gasteiger partial charge < -0.3 is 5.11 Å². The van der Waals surface area contributed by atoms with Gasteiger partial charge in [0, 0.05) is 0 Å². The number of phenols is 1. The average molecular weight is 459 g/mol. The van der Waals surface area contributed by atoms with E-state index in [2.05, 4.69) is 32.9 Å². The molecule has 0 aliphatic heterocycles. The van der Waals surface area contributed by atoms with E-state index >= 15 is 0 Å². The third-order valence-corrected chi connectivity index (χ3v) is 7.63. The van der Waals surface area contributed by atoms with Gasteiger partial charge in [0.1, 0.15) is 5.75 Å². The summed E-state index contributed by atoms with van der Waals surface area (Å²) in [7, 11) is 0. The van der Waals surface area contributed by atoms with Gasteiger partial charge in [-0.1, -0.05) is 155 Å². The van der Waals surface area contributed by atoms with Crippen LogP contribution in [0.3, 0.4) is 0 Å². The maximum Gasteiger partial charge on any atom is 0.119 e. The predicted octanol–water partition coefficient (Wildman–Crippen LogP) is 11.3. The Morgan fingerprint density at radius 1 is 0.515 bits per heavy atom. The summed E-state index contributed by atoms with van der Waals surface area (Å²) in [6.45, 7) is 6.91. The molecule has 1 aromatic rings. The van der Waals surface area contributed by atoms with Crippen molar-refractivity contribution in [2.45, 2.75) is 162 Å². The number of phenolic OH excluding ortho intramolecular Hbond substituents is 1. The van der Waals surface area contributed by atoms with Crippen LogP contribution in [0, 0.1) is 5.92 Å². The average Bonchev–Trinajstić information content (AvgIpc) is 2.83. The van der Waals surface area contributed by atoms with E-state index in [0.717, 1.165) is 5.92 Å². The maximum absolute atomic E-state index is 10.7. The fraction of sp³-hybridized carbons (Fsp3) is 0.812. The second-order valence-corrected chi connectivity index (χ2v) is 10.6. The molecule has 0 aliphatic carbocycles. The Morgan fingerprint density at radius 2 is 0.939 bits per heavy atom. The standard InChI is InChI=1S/C32H58O/c1-4-7-10-12-14-15-17-19-21-26-30(31-27-22-23-28-32(31)33)29(24-9-6-3)25-20-18-16-13-11-8-5-2/h22-23,27-30,33H,4-21,24-26H2,1-3H3. The smallest absolute Gasteiger partial charge is 0.119 e. The number of rotatable bonds is 23. The third-order valence-electron chi connectivity index (χ3n) is 7.63. The molecule has 192 valence electrons. The van der Waals surface area contributed by atoms with E-state index in [0.29, 0.717) is 11.7 Å². The Labute approximate surface area is 208 Å². The van der Waals surface area contributed by atoms with Gasteiger partial charge >= 0.3 is 0 Å². The molecule has 0 aliphatic rings. The Bertz CT molecular complexity index is 537. The van der Waals surface area contributed by atoms with Crippen LogP contribution in [-0.4, -0.2) is 5.11 Å². The SMILES string of the molecule is CCCCCCCCCCCC(c1ccccc1O)C(CCCC)CCCCCCCCC. The molecule has 0 spiro atoms. The summed E-state index contributed by atoms with van der Waals surface area (Å²) >= 11 is 0. The molecule has 0 heterocycles. The first-order chi connectivity index (χ1) is 16.2. The number of hydrogen-bond acceptors (Lipinski definition) is 1. The lowest BCUT2D eigenvalue weighted by molar-refractivity contribution is 0.317. The van der Waals surface area contributed by atoms with E-state index in [9.17, 15) is 5.11 Å². The van der Waals surface area contributed by atoms with Crippen LogP contribution in [0.15, 0.2) is 24.3 Å². The fourth-order valence-electron chi connectivity index (χ4n) is 5.50. The Morgan fingerprint density at radius 3 is 1.45 bits per heavy atom. The van der Waals surface area contributed by atoms with Crippen molar-refractivity contribution in [1.29, 1.82) is 0 Å². The Kier molecular flexibility index (Phi) is 19.6. The molecule has 0 radical (unpaired) electrons. The van der Waals surface area contributed by atoms with Crippen LogP contribution in [-0.2, 0) is 0 Å². The molecule has 0 saturated heterocycles. The lowest BCUT2D eigenvalue weighted by Crippen LogP contribution is -2.14. The summed E-state index contributed by atoms with van der Waals surface area (Å²) in [5, 5.41) is 10.7. The highest BCUT2D eigenvalue weighted by Crippen LogP contribution is 2.40. The Hall–Kier alpha value is -0.980. The minimum absolute atomic E-state index is 0.527. The van der Waals surface area contributed by atoms with Gasteiger partial charge in [0.05, 0.1) is 0 Å². The van der Waals surface area contributed by atoms with Crippen molar-refractivity contribution in [3.05, 3.63) is 29.8 Å². The first kappa shape index (κ1) is 30.1. The van der Waals surface area contributed by atoms with E-state index in [1.165, 1.54) is 140 Å². The van der Waals surface area contributed by atoms with Crippen LogP contribution in [0.4, 0.5) is 0 Å². The zero-order valence-corrected chi connectivity index (χ0v) is 22.8. The van der Waals surface area contributed by atoms with E-state index in [4.69, 9.17) is 0 Å². The van der Waals surface area contributed by atoms with Gasteiger partial charge in [-0.3, -0.25) is 0 Å². The molecule has 2 unspecified atom stereocenters. The van der Waals surface area contributed by atoms with Crippen LogP contribution < -0.4 is 0 Å². The van der Waals surface area contributed by atoms with E-state index in [-0.39, 0.29) is 0 Å². The third kappa shape index (κ3) is 14.8. The summed E-state index contributed by atoms with van der Waals surface area (Å²) in [6, 6.07) is 8.22. The second-order valence-electron chi connectivity index (χ2n) is 10.6. The van der Waals surface area contributed by atoms with Crippen molar-refractivity contribution in [2.75, 3.05) is 0 Å². The van der Waals surface area contributed by atoms with E-state index < -0.39 is 0 Å². The molecule has 1 nitrogen and oxygen atoms in total. The van der Waals surface area contributed by atoms with E-state index in [1.807, 2.05) is 12.1 Å². The highest BCUT2D eigenvalue weighted by Gasteiger charge is 2.24. The minimum atomic E-state index is 0.527. The lowest BCUT2D eigenvalue weighted by atomic mass is 9.76. The number of unbranched alkanes of at least 4 members (excludes halogenated alkanes) is 15. The van der Waals surface area contributed by atoms with Gasteiger partial charge in [-0.15, -0.1) is 0 Å². The monoisotopic (exact) mass is 458 g/mol. The summed E-state index contributed by atoms with van der Waals surface area (Å²) in [5.74, 6) is 1.78. The molecule has 1 aromatic carbocycles. The highest BCUT2D eigenvalue weighted by atomic mass is 16.3. The topological polar surface area (TPSA) is 20.2 Å². The molecule has 2 atom stereocenters. The van der Waals surface area contributed by atoms with Gasteiger partial charge in [0.15, 0.2) is 0 Å². The maximum atomic E-state index is 10.7. The molecule has 33 heavy (non-hydrogen) atoms. The zero-order chi connectivity index (χ0) is 24.0. The Balaban J connectivity index is 2.57. The van der Waals surface area contributed by atoms with Crippen molar-refractivity contribution in [3.8, 4) is 5.75 Å². The van der Waals surface area contributed by atoms with Crippen LogP contribution in [0.25, 0.3) is 0 Å². The molecule has 0 fully saturated rings. The van der Waals surface area contributed by atoms with Gasteiger partial charge in [-0.25, -0.2) is 0 Å². The first-order valence-electron chi connectivity index (χ1n) is 15.0. The molecule has 1 rings (SSSR count).